The number of hydrogen-bond donors (Lipinski definition) is 3. The number of pyridine rings is 1. The topological polar surface area (TPSA) is 107 Å². The molecule has 3 heterocycles. The number of halogens is 3. The third-order valence-corrected chi connectivity index (χ3v) is 3.78. The van der Waals surface area contributed by atoms with Gasteiger partial charge >= 0.3 is 12.1 Å². The van der Waals surface area contributed by atoms with Crippen LogP contribution in [0, 0.1) is 0 Å². The molecule has 1 amide bonds. The van der Waals surface area contributed by atoms with E-state index in [1.54, 1.807) is 0 Å². The summed E-state index contributed by atoms with van der Waals surface area (Å²) in [6.07, 6.45) is -3.06. The molecule has 0 aliphatic carbocycles. The highest BCUT2D eigenvalue weighted by atomic mass is 19.4. The Morgan fingerprint density at radius 2 is 2.13 bits per heavy atom. The number of alkyl halides is 3. The first-order chi connectivity index (χ1) is 10.6. The molecular formula is C13H10F3N3O4. The maximum atomic E-state index is 12.9. The molecule has 1 saturated heterocycles. The van der Waals surface area contributed by atoms with E-state index in [4.69, 9.17) is 5.11 Å². The molecule has 122 valence electrons. The summed E-state index contributed by atoms with van der Waals surface area (Å²) in [7, 11) is 0. The largest absolute Gasteiger partial charge is 0.479 e. The highest BCUT2D eigenvalue weighted by Crippen LogP contribution is 2.36. The van der Waals surface area contributed by atoms with Crippen LogP contribution in [0.1, 0.15) is 12.0 Å². The summed E-state index contributed by atoms with van der Waals surface area (Å²) in [4.78, 5) is 30.2. The summed E-state index contributed by atoms with van der Waals surface area (Å²) in [6.45, 7) is -0.138. The zero-order valence-electron chi connectivity index (χ0n) is 11.4. The van der Waals surface area contributed by atoms with Gasteiger partial charge in [0.15, 0.2) is 0 Å². The number of amides is 1. The number of hydrogen-bond acceptors (Lipinski definition) is 4. The van der Waals surface area contributed by atoms with E-state index >= 15 is 0 Å². The van der Waals surface area contributed by atoms with Crippen molar-refractivity contribution >= 4 is 28.6 Å². The van der Waals surface area contributed by atoms with Crippen molar-refractivity contribution in [2.45, 2.75) is 18.2 Å². The maximum Gasteiger partial charge on any atom is 0.418 e. The number of carbonyl (C=O) groups excluding carboxylic acids is 1. The third kappa shape index (κ3) is 2.22. The minimum absolute atomic E-state index is 0.00947. The van der Waals surface area contributed by atoms with Crippen molar-refractivity contribution in [3.05, 3.63) is 24.0 Å². The van der Waals surface area contributed by atoms with Crippen molar-refractivity contribution in [2.24, 2.45) is 0 Å². The normalized spacial score (nSPS) is 22.1. The van der Waals surface area contributed by atoms with Crippen LogP contribution in [0.25, 0.3) is 11.0 Å². The summed E-state index contributed by atoms with van der Waals surface area (Å²) < 4.78 is 38.8. The standard InChI is InChI=1S/C13H10F3N3O4/c14-13(15,16)8-5-18-9-7(8)3-6(4-17-9)19-2-1-12(23,10(19)20)11(21)22/h3-5,23H,1-2H2,(H,17,18)(H,21,22)/t12-/m1/s1. The number of carboxylic acid groups (broad SMARTS) is 1. The van der Waals surface area contributed by atoms with Gasteiger partial charge in [0.25, 0.3) is 5.91 Å². The Labute approximate surface area is 126 Å². The second-order valence-electron chi connectivity index (χ2n) is 5.16. The summed E-state index contributed by atoms with van der Waals surface area (Å²) in [5.74, 6) is -2.80. The van der Waals surface area contributed by atoms with E-state index < -0.39 is 29.2 Å². The molecule has 0 radical (unpaired) electrons. The molecule has 0 unspecified atom stereocenters. The Balaban J connectivity index is 2.05. The zero-order valence-corrected chi connectivity index (χ0v) is 11.4. The smallest absolute Gasteiger partial charge is 0.418 e. The van der Waals surface area contributed by atoms with Crippen LogP contribution in [-0.4, -0.2) is 44.2 Å². The number of aliphatic hydroxyl groups is 1. The molecule has 0 bridgehead atoms. The van der Waals surface area contributed by atoms with Crippen molar-refractivity contribution in [1.82, 2.24) is 9.97 Å². The van der Waals surface area contributed by atoms with Gasteiger partial charge in [0.2, 0.25) is 5.60 Å². The minimum Gasteiger partial charge on any atom is -0.479 e. The number of aromatic nitrogens is 2. The Kier molecular flexibility index (Phi) is 3.11. The van der Waals surface area contributed by atoms with E-state index in [0.717, 1.165) is 23.4 Å². The molecule has 2 aromatic rings. The molecule has 10 heteroatoms. The lowest BCUT2D eigenvalue weighted by Gasteiger charge is -2.18. The Morgan fingerprint density at radius 3 is 2.70 bits per heavy atom. The summed E-state index contributed by atoms with van der Waals surface area (Å²) in [5, 5.41) is 18.5. The number of aromatic amines is 1. The highest BCUT2D eigenvalue weighted by molar-refractivity contribution is 6.14. The van der Waals surface area contributed by atoms with Crippen molar-refractivity contribution in [3.8, 4) is 0 Å². The fourth-order valence-corrected chi connectivity index (χ4v) is 2.52. The molecule has 7 nitrogen and oxygen atoms in total. The van der Waals surface area contributed by atoms with Gasteiger partial charge in [-0.05, 0) is 6.07 Å². The second-order valence-corrected chi connectivity index (χ2v) is 5.16. The van der Waals surface area contributed by atoms with Gasteiger partial charge < -0.3 is 20.1 Å². The first kappa shape index (κ1) is 15.3. The lowest BCUT2D eigenvalue weighted by molar-refractivity contribution is -0.162. The number of rotatable bonds is 2. The van der Waals surface area contributed by atoms with Gasteiger partial charge in [-0.15, -0.1) is 0 Å². The number of nitrogens with one attached hydrogen (secondary N) is 1. The van der Waals surface area contributed by atoms with Gasteiger partial charge in [-0.1, -0.05) is 0 Å². The van der Waals surface area contributed by atoms with E-state index in [1.165, 1.54) is 0 Å². The average Bonchev–Trinajstić information content (AvgIpc) is 3.01. The molecule has 0 aromatic carbocycles. The van der Waals surface area contributed by atoms with Crippen LogP contribution in [0.3, 0.4) is 0 Å². The van der Waals surface area contributed by atoms with E-state index in [9.17, 15) is 27.9 Å². The van der Waals surface area contributed by atoms with Crippen molar-refractivity contribution < 1.29 is 33.0 Å². The van der Waals surface area contributed by atoms with Crippen LogP contribution in [0.5, 0.6) is 0 Å². The van der Waals surface area contributed by atoms with Crippen LogP contribution < -0.4 is 4.90 Å². The lowest BCUT2D eigenvalue weighted by Crippen LogP contribution is -2.46. The van der Waals surface area contributed by atoms with Crippen molar-refractivity contribution in [2.75, 3.05) is 11.4 Å². The van der Waals surface area contributed by atoms with Crippen molar-refractivity contribution in [1.29, 1.82) is 0 Å². The predicted octanol–water partition coefficient (Wildman–Crippen LogP) is 1.13. The lowest BCUT2D eigenvalue weighted by atomic mass is 10.0. The molecule has 0 spiro atoms. The number of H-pyrrole nitrogens is 1. The molecule has 1 fully saturated rings. The third-order valence-electron chi connectivity index (χ3n) is 3.78. The molecule has 3 rings (SSSR count). The summed E-state index contributed by atoms with van der Waals surface area (Å²) >= 11 is 0. The predicted molar refractivity (Wildman–Crippen MR) is 70.7 cm³/mol. The number of nitrogens with zero attached hydrogens (tertiary/aromatic N) is 2. The number of aliphatic carboxylic acids is 1. The molecule has 1 aliphatic heterocycles. The SMILES string of the molecule is O=C(O)[C@@]1(O)CCN(c2cnc3[nH]cc(C(F)(F)F)c3c2)C1=O. The second kappa shape index (κ2) is 4.69. The molecule has 1 atom stereocenters. The van der Waals surface area contributed by atoms with Crippen LogP contribution in [0.4, 0.5) is 18.9 Å². The van der Waals surface area contributed by atoms with E-state index in [2.05, 4.69) is 9.97 Å². The molecule has 0 saturated carbocycles. The van der Waals surface area contributed by atoms with Crippen molar-refractivity contribution in [3.63, 3.8) is 0 Å². The Bertz CT molecular complexity index is 816. The highest BCUT2D eigenvalue weighted by Gasteiger charge is 2.52. The van der Waals surface area contributed by atoms with Gasteiger partial charge in [0.05, 0.1) is 17.4 Å². The van der Waals surface area contributed by atoms with Gasteiger partial charge in [-0.2, -0.15) is 13.2 Å². The first-order valence-electron chi connectivity index (χ1n) is 6.46. The number of carboxylic acids is 1. The van der Waals surface area contributed by atoms with Gasteiger partial charge in [-0.3, -0.25) is 4.79 Å². The molecular weight excluding hydrogens is 319 g/mol. The van der Waals surface area contributed by atoms with Crippen LogP contribution >= 0.6 is 0 Å². The number of carbonyl (C=O) groups is 2. The number of anilines is 1. The maximum absolute atomic E-state index is 12.9. The molecule has 1 aliphatic rings. The van der Waals surface area contributed by atoms with Crippen LogP contribution in [-0.2, 0) is 15.8 Å². The van der Waals surface area contributed by atoms with Gasteiger partial charge in [-0.25, -0.2) is 9.78 Å². The number of fused-ring (bicyclic) bond motifs is 1. The minimum atomic E-state index is -4.60. The molecule has 2 aromatic heterocycles. The fraction of sp³-hybridized carbons (Fsp3) is 0.308. The summed E-state index contributed by atoms with van der Waals surface area (Å²) in [6, 6.07) is 1.09. The average molecular weight is 329 g/mol. The molecule has 23 heavy (non-hydrogen) atoms. The van der Waals surface area contributed by atoms with E-state index in [-0.39, 0.29) is 29.7 Å². The Hall–Kier alpha value is -2.62. The summed E-state index contributed by atoms with van der Waals surface area (Å²) in [5.41, 5.74) is -3.53. The fourth-order valence-electron chi connectivity index (χ4n) is 2.52. The monoisotopic (exact) mass is 329 g/mol. The quantitative estimate of drug-likeness (QED) is 0.716. The van der Waals surface area contributed by atoms with Gasteiger partial charge in [0.1, 0.15) is 5.65 Å². The van der Waals surface area contributed by atoms with Gasteiger partial charge in [0, 0.05) is 24.5 Å². The zero-order chi connectivity index (χ0) is 17.0. The van der Waals surface area contributed by atoms with E-state index in [0.29, 0.717) is 0 Å². The Morgan fingerprint density at radius 1 is 1.43 bits per heavy atom. The molecule has 3 N–H and O–H groups in total. The van der Waals surface area contributed by atoms with Crippen LogP contribution in [0.15, 0.2) is 18.5 Å². The first-order valence-corrected chi connectivity index (χ1v) is 6.46. The van der Waals surface area contributed by atoms with E-state index in [1.807, 2.05) is 0 Å². The van der Waals surface area contributed by atoms with Crippen LogP contribution in [0.2, 0.25) is 0 Å².